The first-order valence-electron chi connectivity index (χ1n) is 11.5. The van der Waals surface area contributed by atoms with Crippen LogP contribution >= 0.6 is 0 Å². The fourth-order valence-electron chi connectivity index (χ4n) is 4.56. The number of rotatable bonds is 7. The second-order valence-corrected chi connectivity index (χ2v) is 8.76. The first kappa shape index (κ1) is 21.6. The Hall–Kier alpha value is -2.66. The zero-order valence-electron chi connectivity index (χ0n) is 18.7. The number of amides is 1. The number of aromatic nitrogens is 1. The van der Waals surface area contributed by atoms with Gasteiger partial charge in [-0.1, -0.05) is 24.1 Å². The van der Waals surface area contributed by atoms with E-state index in [1.807, 2.05) is 49.2 Å². The quantitative estimate of drug-likeness (QED) is 0.583. The highest BCUT2D eigenvalue weighted by atomic mass is 16.5. The molecular weight excluding hydrogens is 386 g/mol. The number of hydrogen-bond acceptors (Lipinski definition) is 4. The zero-order chi connectivity index (χ0) is 21.6. The third-order valence-electron chi connectivity index (χ3n) is 6.44. The van der Waals surface area contributed by atoms with Crippen molar-refractivity contribution in [2.45, 2.75) is 51.9 Å². The lowest BCUT2D eigenvalue weighted by molar-refractivity contribution is 0.0805. The van der Waals surface area contributed by atoms with Gasteiger partial charge in [-0.15, -0.1) is 0 Å². The summed E-state index contributed by atoms with van der Waals surface area (Å²) in [5, 5.41) is 0. The van der Waals surface area contributed by atoms with Crippen molar-refractivity contribution in [3.8, 4) is 5.75 Å². The van der Waals surface area contributed by atoms with Crippen molar-refractivity contribution < 1.29 is 9.53 Å². The highest BCUT2D eigenvalue weighted by molar-refractivity contribution is 5.98. The van der Waals surface area contributed by atoms with Gasteiger partial charge in [0, 0.05) is 24.4 Å². The molecule has 2 aliphatic rings. The number of hydrogen-bond donors (Lipinski definition) is 0. The fraction of sp³-hybridized carbons (Fsp3) is 0.462. The van der Waals surface area contributed by atoms with Crippen LogP contribution in [0.2, 0.25) is 0 Å². The third kappa shape index (κ3) is 5.34. The number of allylic oxidation sites excluding steroid dienone is 1. The number of unbranched alkanes of at least 4 members (excludes halogenated alkanes) is 2. The molecule has 0 radical (unpaired) electrons. The molecule has 1 fully saturated rings. The van der Waals surface area contributed by atoms with Gasteiger partial charge >= 0.3 is 0 Å². The predicted octanol–water partition coefficient (Wildman–Crippen LogP) is 5.14. The number of carbonyl (C=O) groups is 1. The molecule has 31 heavy (non-hydrogen) atoms. The summed E-state index contributed by atoms with van der Waals surface area (Å²) < 4.78 is 5.73. The average Bonchev–Trinajstić information content (AvgIpc) is 2.91. The van der Waals surface area contributed by atoms with Gasteiger partial charge in [0.15, 0.2) is 0 Å². The summed E-state index contributed by atoms with van der Waals surface area (Å²) in [7, 11) is 0. The van der Waals surface area contributed by atoms with E-state index in [-0.39, 0.29) is 5.91 Å². The highest BCUT2D eigenvalue weighted by Gasteiger charge is 2.24. The van der Waals surface area contributed by atoms with Crippen LogP contribution < -0.4 is 4.74 Å². The Bertz CT molecular complexity index is 918. The molecule has 2 aliphatic heterocycles. The number of ether oxygens (including phenoxy) is 1. The molecule has 0 saturated carbocycles. The monoisotopic (exact) mass is 419 g/mol. The minimum atomic E-state index is 0.0431. The molecule has 1 aromatic heterocycles. The normalized spacial score (nSPS) is 17.7. The molecule has 0 unspecified atom stereocenters. The number of nitrogens with zero attached hydrogens (tertiary/aromatic N) is 3. The highest BCUT2D eigenvalue weighted by Crippen LogP contribution is 2.28. The molecular formula is C26H33N3O2. The van der Waals surface area contributed by atoms with E-state index in [1.165, 1.54) is 25.0 Å². The number of benzene rings is 1. The average molecular weight is 420 g/mol. The molecule has 2 aromatic rings. The molecule has 0 atom stereocenters. The standard InChI is InChI=1S/C26H33N3O2/c1-20-9-10-25-23(18-20)26(30)29(21(2)19-31-25)15-7-3-6-14-28-16-11-22(12-17-28)24-8-4-5-13-27-24/h4-5,8-10,13,18-19,22H,3,6-7,11-12,14-17H2,1-2H3. The minimum Gasteiger partial charge on any atom is -0.462 e. The van der Waals surface area contributed by atoms with Crippen LogP contribution in [-0.2, 0) is 0 Å². The molecule has 164 valence electrons. The number of carbonyl (C=O) groups excluding carboxylic acids is 1. The van der Waals surface area contributed by atoms with Crippen LogP contribution in [0.1, 0.15) is 66.6 Å². The zero-order valence-corrected chi connectivity index (χ0v) is 18.7. The number of fused-ring (bicyclic) bond motifs is 1. The van der Waals surface area contributed by atoms with E-state index in [9.17, 15) is 4.79 Å². The largest absolute Gasteiger partial charge is 0.462 e. The lowest BCUT2D eigenvalue weighted by Crippen LogP contribution is -2.34. The van der Waals surface area contributed by atoms with E-state index in [0.29, 0.717) is 17.2 Å². The summed E-state index contributed by atoms with van der Waals surface area (Å²) in [5.41, 5.74) is 3.84. The Labute approximate surface area is 185 Å². The lowest BCUT2D eigenvalue weighted by atomic mass is 9.93. The summed E-state index contributed by atoms with van der Waals surface area (Å²) in [6.45, 7) is 8.13. The van der Waals surface area contributed by atoms with Crippen LogP contribution in [0.5, 0.6) is 5.75 Å². The van der Waals surface area contributed by atoms with Gasteiger partial charge in [-0.2, -0.15) is 0 Å². The topological polar surface area (TPSA) is 45.7 Å². The van der Waals surface area contributed by atoms with Gasteiger partial charge in [-0.25, -0.2) is 0 Å². The van der Waals surface area contributed by atoms with Gasteiger partial charge in [0.05, 0.1) is 11.3 Å². The van der Waals surface area contributed by atoms with E-state index >= 15 is 0 Å². The molecule has 1 aromatic carbocycles. The molecule has 5 heteroatoms. The number of likely N-dealkylation sites (tertiary alicyclic amines) is 1. The summed E-state index contributed by atoms with van der Waals surface area (Å²) in [6.07, 6.45) is 9.29. The van der Waals surface area contributed by atoms with Crippen molar-refractivity contribution in [3.63, 3.8) is 0 Å². The van der Waals surface area contributed by atoms with Crippen molar-refractivity contribution in [2.24, 2.45) is 0 Å². The van der Waals surface area contributed by atoms with Crippen LogP contribution in [-0.4, -0.2) is 46.9 Å². The van der Waals surface area contributed by atoms with Crippen molar-refractivity contribution in [3.05, 3.63) is 71.4 Å². The van der Waals surface area contributed by atoms with E-state index in [0.717, 1.165) is 50.3 Å². The Kier molecular flexibility index (Phi) is 7.03. The van der Waals surface area contributed by atoms with E-state index < -0.39 is 0 Å². The van der Waals surface area contributed by atoms with E-state index in [4.69, 9.17) is 4.74 Å². The second kappa shape index (κ2) is 10.1. The van der Waals surface area contributed by atoms with Gasteiger partial charge in [-0.3, -0.25) is 9.78 Å². The van der Waals surface area contributed by atoms with Gasteiger partial charge in [0.25, 0.3) is 5.91 Å². The summed E-state index contributed by atoms with van der Waals surface area (Å²) in [6, 6.07) is 12.0. The number of aryl methyl sites for hydroxylation is 1. The van der Waals surface area contributed by atoms with Gasteiger partial charge in [-0.05, 0) is 83.4 Å². The maximum absolute atomic E-state index is 13.0. The predicted molar refractivity (Wildman–Crippen MR) is 123 cm³/mol. The Balaban J connectivity index is 1.20. The molecule has 0 aliphatic carbocycles. The Morgan fingerprint density at radius 3 is 2.61 bits per heavy atom. The maximum Gasteiger partial charge on any atom is 0.261 e. The summed E-state index contributed by atoms with van der Waals surface area (Å²) >= 11 is 0. The van der Waals surface area contributed by atoms with Crippen LogP contribution in [0.25, 0.3) is 0 Å². The Morgan fingerprint density at radius 2 is 1.84 bits per heavy atom. The fourth-order valence-corrected chi connectivity index (χ4v) is 4.56. The van der Waals surface area contributed by atoms with Crippen molar-refractivity contribution in [1.82, 2.24) is 14.8 Å². The smallest absolute Gasteiger partial charge is 0.261 e. The van der Waals surface area contributed by atoms with Gasteiger partial charge in [0.2, 0.25) is 0 Å². The number of pyridine rings is 1. The maximum atomic E-state index is 13.0. The van der Waals surface area contributed by atoms with Crippen LogP contribution in [0, 0.1) is 6.92 Å². The summed E-state index contributed by atoms with van der Waals surface area (Å²) in [4.78, 5) is 22.0. The van der Waals surface area contributed by atoms with Gasteiger partial charge in [0.1, 0.15) is 12.0 Å². The first-order chi connectivity index (χ1) is 15.1. The first-order valence-corrected chi connectivity index (χ1v) is 11.5. The van der Waals surface area contributed by atoms with Gasteiger partial charge < -0.3 is 14.5 Å². The van der Waals surface area contributed by atoms with E-state index in [2.05, 4.69) is 22.0 Å². The molecule has 0 spiro atoms. The SMILES string of the molecule is CC1=COc2ccc(C)cc2C(=O)N1CCCCCN1CCC(c2ccccn2)CC1. The van der Waals surface area contributed by atoms with Crippen LogP contribution in [0.3, 0.4) is 0 Å². The van der Waals surface area contributed by atoms with Crippen LogP contribution in [0.4, 0.5) is 0 Å². The molecule has 3 heterocycles. The van der Waals surface area contributed by atoms with Crippen LogP contribution in [0.15, 0.2) is 54.6 Å². The van der Waals surface area contributed by atoms with Crippen molar-refractivity contribution in [2.75, 3.05) is 26.2 Å². The van der Waals surface area contributed by atoms with Crippen molar-refractivity contribution in [1.29, 1.82) is 0 Å². The Morgan fingerprint density at radius 1 is 1.03 bits per heavy atom. The third-order valence-corrected chi connectivity index (χ3v) is 6.44. The molecule has 1 saturated heterocycles. The molecule has 1 amide bonds. The lowest BCUT2D eigenvalue weighted by Gasteiger charge is -2.31. The van der Waals surface area contributed by atoms with Crippen molar-refractivity contribution >= 4 is 5.91 Å². The number of piperidine rings is 1. The van der Waals surface area contributed by atoms with E-state index in [1.54, 1.807) is 6.26 Å². The minimum absolute atomic E-state index is 0.0431. The summed E-state index contributed by atoms with van der Waals surface area (Å²) in [5.74, 6) is 1.29. The second-order valence-electron chi connectivity index (χ2n) is 8.76. The molecule has 5 nitrogen and oxygen atoms in total. The molecule has 4 rings (SSSR count). The molecule has 0 N–H and O–H groups in total. The molecule has 0 bridgehead atoms.